The summed E-state index contributed by atoms with van der Waals surface area (Å²) < 4.78 is 0. The molecule has 0 radical (unpaired) electrons. The van der Waals surface area contributed by atoms with E-state index < -0.39 is 11.8 Å². The van der Waals surface area contributed by atoms with Gasteiger partial charge in [0.05, 0.1) is 0 Å². The first-order chi connectivity index (χ1) is 11.5. The van der Waals surface area contributed by atoms with Crippen LogP contribution in [0.4, 0.5) is 5.69 Å². The van der Waals surface area contributed by atoms with Crippen molar-refractivity contribution in [2.45, 2.75) is 77.4 Å². The molecule has 5 heteroatoms. The normalized spacial score (nSPS) is 19.5. The third-order valence-corrected chi connectivity index (χ3v) is 4.57. The zero-order valence-corrected chi connectivity index (χ0v) is 16.2. The largest absolute Gasteiger partial charge is 0.345 e. The highest BCUT2D eigenvalue weighted by molar-refractivity contribution is 6.39. The molecule has 0 bridgehead atoms. The van der Waals surface area contributed by atoms with Gasteiger partial charge < -0.3 is 16.0 Å². The van der Waals surface area contributed by atoms with Crippen molar-refractivity contribution < 1.29 is 9.59 Å². The molecule has 2 rings (SSSR count). The van der Waals surface area contributed by atoms with Crippen LogP contribution in [0.15, 0.2) is 24.3 Å². The topological polar surface area (TPSA) is 70.2 Å². The lowest BCUT2D eigenvalue weighted by atomic mass is 9.79. The molecule has 1 aliphatic rings. The number of carbonyl (C=O) groups is 2. The summed E-state index contributed by atoms with van der Waals surface area (Å²) >= 11 is 0. The van der Waals surface area contributed by atoms with Gasteiger partial charge in [-0.05, 0) is 64.2 Å². The number of anilines is 1. The van der Waals surface area contributed by atoms with E-state index in [0.717, 1.165) is 12.8 Å². The summed E-state index contributed by atoms with van der Waals surface area (Å²) in [6, 6.07) is 7.58. The van der Waals surface area contributed by atoms with Crippen molar-refractivity contribution in [3.63, 3.8) is 0 Å². The summed E-state index contributed by atoms with van der Waals surface area (Å²) in [6.07, 6.45) is 1.58. The summed E-state index contributed by atoms with van der Waals surface area (Å²) in [5.74, 6) is -0.766. The maximum atomic E-state index is 12.3. The highest BCUT2D eigenvalue weighted by Crippen LogP contribution is 2.28. The Kier molecular flexibility index (Phi) is 5.57. The Balaban J connectivity index is 1.95. The highest BCUT2D eigenvalue weighted by Gasteiger charge is 2.38. The minimum Gasteiger partial charge on any atom is -0.345 e. The first kappa shape index (κ1) is 19.4. The molecule has 1 saturated heterocycles. The van der Waals surface area contributed by atoms with E-state index in [1.54, 1.807) is 0 Å². The van der Waals surface area contributed by atoms with Crippen LogP contribution in [0.1, 0.15) is 65.9 Å². The van der Waals surface area contributed by atoms with E-state index in [4.69, 9.17) is 0 Å². The number of benzene rings is 1. The first-order valence-electron chi connectivity index (χ1n) is 8.99. The van der Waals surface area contributed by atoms with E-state index >= 15 is 0 Å². The summed E-state index contributed by atoms with van der Waals surface area (Å²) in [5.41, 5.74) is 1.67. The summed E-state index contributed by atoms with van der Waals surface area (Å²) in [6.45, 7) is 12.7. The van der Waals surface area contributed by atoms with E-state index in [1.807, 2.05) is 24.3 Å². The SMILES string of the molecule is CC(C)c1ccc(NC(=O)C(=O)NC2CC(C)(C)NC(C)(C)C2)cc1. The average molecular weight is 345 g/mol. The monoisotopic (exact) mass is 345 g/mol. The van der Waals surface area contributed by atoms with Gasteiger partial charge in [-0.2, -0.15) is 0 Å². The summed E-state index contributed by atoms with van der Waals surface area (Å²) in [4.78, 5) is 24.5. The second-order valence-corrected chi connectivity index (χ2v) is 8.70. The molecule has 0 aromatic heterocycles. The van der Waals surface area contributed by atoms with Crippen LogP contribution in [0, 0.1) is 0 Å². The number of nitrogens with one attached hydrogen (secondary N) is 3. The van der Waals surface area contributed by atoms with E-state index in [2.05, 4.69) is 57.5 Å². The Morgan fingerprint density at radius 3 is 2.00 bits per heavy atom. The smallest absolute Gasteiger partial charge is 0.313 e. The Labute approximate surface area is 151 Å². The number of hydrogen-bond acceptors (Lipinski definition) is 3. The van der Waals surface area contributed by atoms with Crippen molar-refractivity contribution in [1.29, 1.82) is 0 Å². The Morgan fingerprint density at radius 1 is 1.00 bits per heavy atom. The summed E-state index contributed by atoms with van der Waals surface area (Å²) in [5, 5.41) is 9.13. The number of rotatable bonds is 3. The molecule has 138 valence electrons. The number of carbonyl (C=O) groups excluding carboxylic acids is 2. The van der Waals surface area contributed by atoms with Crippen LogP contribution in [0.3, 0.4) is 0 Å². The van der Waals surface area contributed by atoms with Gasteiger partial charge in [0, 0.05) is 22.8 Å². The molecule has 1 aromatic carbocycles. The highest BCUT2D eigenvalue weighted by atomic mass is 16.2. The van der Waals surface area contributed by atoms with Gasteiger partial charge in [0.1, 0.15) is 0 Å². The van der Waals surface area contributed by atoms with E-state index in [0.29, 0.717) is 11.6 Å². The molecule has 1 aliphatic heterocycles. The van der Waals surface area contributed by atoms with E-state index in [1.165, 1.54) is 5.56 Å². The van der Waals surface area contributed by atoms with Crippen molar-refractivity contribution in [2.24, 2.45) is 0 Å². The van der Waals surface area contributed by atoms with Gasteiger partial charge in [-0.3, -0.25) is 9.59 Å². The second kappa shape index (κ2) is 7.16. The molecule has 5 nitrogen and oxygen atoms in total. The lowest BCUT2D eigenvalue weighted by Gasteiger charge is -2.46. The third kappa shape index (κ3) is 5.56. The van der Waals surface area contributed by atoms with E-state index in [-0.39, 0.29) is 17.1 Å². The van der Waals surface area contributed by atoms with Gasteiger partial charge in [-0.15, -0.1) is 0 Å². The molecule has 3 N–H and O–H groups in total. The number of piperidine rings is 1. The molecule has 2 amide bonds. The minimum atomic E-state index is -0.619. The molecular formula is C20H31N3O2. The third-order valence-electron chi connectivity index (χ3n) is 4.57. The van der Waals surface area contributed by atoms with Crippen molar-refractivity contribution in [1.82, 2.24) is 10.6 Å². The van der Waals surface area contributed by atoms with Gasteiger partial charge in [0.2, 0.25) is 0 Å². The van der Waals surface area contributed by atoms with Gasteiger partial charge in [0.15, 0.2) is 0 Å². The van der Waals surface area contributed by atoms with Crippen molar-refractivity contribution >= 4 is 17.5 Å². The maximum absolute atomic E-state index is 12.3. The Hall–Kier alpha value is -1.88. The van der Waals surface area contributed by atoms with Crippen LogP contribution in [-0.4, -0.2) is 28.9 Å². The standard InChI is InChI=1S/C20H31N3O2/c1-13(2)14-7-9-15(10-8-14)21-17(24)18(25)22-16-11-19(3,4)23-20(5,6)12-16/h7-10,13,16,23H,11-12H2,1-6H3,(H,21,24)(H,22,25). The molecule has 0 spiro atoms. The zero-order chi connectivity index (χ0) is 18.8. The van der Waals surface area contributed by atoms with Crippen LogP contribution in [0.2, 0.25) is 0 Å². The van der Waals surface area contributed by atoms with Crippen molar-refractivity contribution in [2.75, 3.05) is 5.32 Å². The molecule has 0 aliphatic carbocycles. The van der Waals surface area contributed by atoms with Crippen LogP contribution in [0.25, 0.3) is 0 Å². The van der Waals surface area contributed by atoms with Gasteiger partial charge in [0.25, 0.3) is 0 Å². The lowest BCUT2D eigenvalue weighted by Crippen LogP contribution is -2.62. The predicted octanol–water partition coefficient (Wildman–Crippen LogP) is 3.17. The first-order valence-corrected chi connectivity index (χ1v) is 8.99. The molecule has 1 aromatic rings. The average Bonchev–Trinajstić information content (AvgIpc) is 2.44. The van der Waals surface area contributed by atoms with Gasteiger partial charge >= 0.3 is 11.8 Å². The quantitative estimate of drug-likeness (QED) is 0.737. The Morgan fingerprint density at radius 2 is 1.52 bits per heavy atom. The molecule has 0 saturated carbocycles. The lowest BCUT2D eigenvalue weighted by molar-refractivity contribution is -0.137. The molecule has 0 unspecified atom stereocenters. The molecular weight excluding hydrogens is 314 g/mol. The summed E-state index contributed by atoms with van der Waals surface area (Å²) in [7, 11) is 0. The van der Waals surface area contributed by atoms with Crippen LogP contribution in [-0.2, 0) is 9.59 Å². The van der Waals surface area contributed by atoms with Gasteiger partial charge in [-0.25, -0.2) is 0 Å². The Bertz CT molecular complexity index is 617. The van der Waals surface area contributed by atoms with Crippen LogP contribution >= 0.6 is 0 Å². The molecule has 0 atom stereocenters. The van der Waals surface area contributed by atoms with Crippen molar-refractivity contribution in [3.8, 4) is 0 Å². The fourth-order valence-corrected chi connectivity index (χ4v) is 3.81. The predicted molar refractivity (Wildman–Crippen MR) is 102 cm³/mol. The minimum absolute atomic E-state index is 0.0205. The molecule has 1 fully saturated rings. The van der Waals surface area contributed by atoms with Crippen LogP contribution in [0.5, 0.6) is 0 Å². The van der Waals surface area contributed by atoms with E-state index in [9.17, 15) is 9.59 Å². The van der Waals surface area contributed by atoms with Crippen LogP contribution < -0.4 is 16.0 Å². The number of amides is 2. The second-order valence-electron chi connectivity index (χ2n) is 8.70. The fourth-order valence-electron chi connectivity index (χ4n) is 3.81. The molecule has 25 heavy (non-hydrogen) atoms. The molecule has 1 heterocycles. The fraction of sp³-hybridized carbons (Fsp3) is 0.600. The van der Waals surface area contributed by atoms with Crippen molar-refractivity contribution in [3.05, 3.63) is 29.8 Å². The zero-order valence-electron chi connectivity index (χ0n) is 16.2. The number of hydrogen-bond donors (Lipinski definition) is 3. The van der Waals surface area contributed by atoms with Gasteiger partial charge in [-0.1, -0.05) is 26.0 Å². The maximum Gasteiger partial charge on any atom is 0.313 e.